The van der Waals surface area contributed by atoms with Gasteiger partial charge in [-0.25, -0.2) is 0 Å². The van der Waals surface area contributed by atoms with Crippen molar-refractivity contribution in [2.45, 2.75) is 20.3 Å². The lowest BCUT2D eigenvalue weighted by Crippen LogP contribution is -2.41. The minimum Gasteiger partial charge on any atom is -0.380 e. The summed E-state index contributed by atoms with van der Waals surface area (Å²) in [5, 5.41) is 8.84. The Morgan fingerprint density at radius 2 is 2.14 bits per heavy atom. The molecule has 0 aliphatic carbocycles. The fraction of sp³-hybridized carbons (Fsp3) is 0.800. The first-order chi connectivity index (χ1) is 6.58. The Morgan fingerprint density at radius 3 is 2.79 bits per heavy atom. The highest BCUT2D eigenvalue weighted by atomic mass is 16.5. The quantitative estimate of drug-likeness (QED) is 0.623. The molecule has 1 heterocycles. The van der Waals surface area contributed by atoms with Gasteiger partial charge in [0.1, 0.15) is 5.41 Å². The van der Waals surface area contributed by atoms with Crippen molar-refractivity contribution in [3.8, 4) is 6.07 Å². The molecule has 0 spiro atoms. The topological polar surface area (TPSA) is 53.3 Å². The normalized spacial score (nSPS) is 18.5. The molecule has 4 nitrogen and oxygen atoms in total. The van der Waals surface area contributed by atoms with Gasteiger partial charge >= 0.3 is 0 Å². The molecule has 1 rings (SSSR count). The summed E-state index contributed by atoms with van der Waals surface area (Å²) in [5.74, 6) is -0.0921. The van der Waals surface area contributed by atoms with E-state index in [1.807, 2.05) is 6.07 Å². The Bertz CT molecular complexity index is 247. The highest BCUT2D eigenvalue weighted by Gasteiger charge is 2.32. The Morgan fingerprint density at radius 1 is 1.43 bits per heavy atom. The van der Waals surface area contributed by atoms with Crippen molar-refractivity contribution in [1.82, 2.24) is 4.90 Å². The number of amides is 1. The van der Waals surface area contributed by atoms with E-state index in [4.69, 9.17) is 10.00 Å². The van der Waals surface area contributed by atoms with Crippen molar-refractivity contribution in [3.05, 3.63) is 0 Å². The highest BCUT2D eigenvalue weighted by Crippen LogP contribution is 2.18. The lowest BCUT2D eigenvalue weighted by molar-refractivity contribution is -0.137. The van der Waals surface area contributed by atoms with Gasteiger partial charge in [0, 0.05) is 19.7 Å². The van der Waals surface area contributed by atoms with Crippen LogP contribution in [0.4, 0.5) is 0 Å². The van der Waals surface area contributed by atoms with Gasteiger partial charge in [-0.1, -0.05) is 0 Å². The molecule has 0 aromatic carbocycles. The predicted molar refractivity (Wildman–Crippen MR) is 51.4 cm³/mol. The Hall–Kier alpha value is -1.08. The van der Waals surface area contributed by atoms with Crippen molar-refractivity contribution >= 4 is 5.91 Å². The zero-order chi connectivity index (χ0) is 10.6. The van der Waals surface area contributed by atoms with Crippen LogP contribution in [-0.4, -0.2) is 37.1 Å². The third-order valence-corrected chi connectivity index (χ3v) is 2.32. The molecule has 14 heavy (non-hydrogen) atoms. The minimum atomic E-state index is -0.912. The first kappa shape index (κ1) is 11.0. The van der Waals surface area contributed by atoms with Crippen LogP contribution in [0.1, 0.15) is 20.3 Å². The number of nitrogens with zero attached hydrogens (tertiary/aromatic N) is 2. The molecule has 78 valence electrons. The maximum absolute atomic E-state index is 11.9. The smallest absolute Gasteiger partial charge is 0.242 e. The van der Waals surface area contributed by atoms with Gasteiger partial charge in [0.25, 0.3) is 0 Å². The van der Waals surface area contributed by atoms with E-state index in [1.54, 1.807) is 18.7 Å². The second-order valence-corrected chi connectivity index (χ2v) is 3.99. The van der Waals surface area contributed by atoms with Gasteiger partial charge < -0.3 is 9.64 Å². The number of nitriles is 1. The zero-order valence-corrected chi connectivity index (χ0v) is 8.75. The van der Waals surface area contributed by atoms with Crippen molar-refractivity contribution in [2.24, 2.45) is 5.41 Å². The van der Waals surface area contributed by atoms with E-state index in [0.29, 0.717) is 26.3 Å². The molecular weight excluding hydrogens is 180 g/mol. The number of carbonyl (C=O) groups is 1. The van der Waals surface area contributed by atoms with Gasteiger partial charge in [0.15, 0.2) is 0 Å². The fourth-order valence-electron chi connectivity index (χ4n) is 1.39. The molecule has 1 amide bonds. The summed E-state index contributed by atoms with van der Waals surface area (Å²) in [4.78, 5) is 13.6. The van der Waals surface area contributed by atoms with Gasteiger partial charge in [0.2, 0.25) is 5.91 Å². The maximum atomic E-state index is 11.9. The number of rotatable bonds is 1. The van der Waals surface area contributed by atoms with Crippen molar-refractivity contribution in [3.63, 3.8) is 0 Å². The third-order valence-electron chi connectivity index (χ3n) is 2.32. The lowest BCUT2D eigenvalue weighted by atomic mass is 9.94. The second kappa shape index (κ2) is 4.43. The number of carbonyl (C=O) groups excluding carboxylic acids is 1. The summed E-state index contributed by atoms with van der Waals surface area (Å²) in [5.41, 5.74) is -0.912. The average Bonchev–Trinajstić information content (AvgIpc) is 2.44. The van der Waals surface area contributed by atoms with E-state index in [9.17, 15) is 4.79 Å². The monoisotopic (exact) mass is 196 g/mol. The lowest BCUT2D eigenvalue weighted by Gasteiger charge is -2.25. The summed E-state index contributed by atoms with van der Waals surface area (Å²) in [6.07, 6.45) is 0.854. The van der Waals surface area contributed by atoms with Crippen LogP contribution in [0, 0.1) is 16.7 Å². The number of ether oxygens (including phenoxy) is 1. The average molecular weight is 196 g/mol. The summed E-state index contributed by atoms with van der Waals surface area (Å²) >= 11 is 0. The summed E-state index contributed by atoms with van der Waals surface area (Å²) in [7, 11) is 0. The summed E-state index contributed by atoms with van der Waals surface area (Å²) in [6, 6.07) is 2.03. The van der Waals surface area contributed by atoms with Crippen LogP contribution in [0.25, 0.3) is 0 Å². The van der Waals surface area contributed by atoms with Crippen LogP contribution >= 0.6 is 0 Å². The van der Waals surface area contributed by atoms with Gasteiger partial charge in [-0.3, -0.25) is 4.79 Å². The highest BCUT2D eigenvalue weighted by molar-refractivity contribution is 5.84. The second-order valence-electron chi connectivity index (χ2n) is 3.99. The minimum absolute atomic E-state index is 0.0921. The molecule has 0 radical (unpaired) electrons. The Kier molecular flexibility index (Phi) is 3.48. The summed E-state index contributed by atoms with van der Waals surface area (Å²) < 4.78 is 5.24. The van der Waals surface area contributed by atoms with Crippen molar-refractivity contribution in [2.75, 3.05) is 26.3 Å². The standard InChI is InChI=1S/C10H16N2O2/c1-10(2,8-11)9(13)12-4-3-6-14-7-5-12/h3-7H2,1-2H3. The van der Waals surface area contributed by atoms with E-state index in [2.05, 4.69) is 0 Å². The molecular formula is C10H16N2O2. The van der Waals surface area contributed by atoms with E-state index in [0.717, 1.165) is 6.42 Å². The SMILES string of the molecule is CC(C)(C#N)C(=O)N1CCCOCC1. The van der Waals surface area contributed by atoms with Gasteiger partial charge in [0.05, 0.1) is 12.7 Å². The largest absolute Gasteiger partial charge is 0.380 e. The third kappa shape index (κ3) is 2.46. The Labute approximate surface area is 84.4 Å². The van der Waals surface area contributed by atoms with E-state index < -0.39 is 5.41 Å². The number of hydrogen-bond donors (Lipinski definition) is 0. The predicted octanol–water partition coefficient (Wildman–Crippen LogP) is 0.785. The molecule has 0 aromatic heterocycles. The molecule has 0 N–H and O–H groups in total. The molecule has 1 aliphatic rings. The molecule has 0 aromatic rings. The first-order valence-corrected chi connectivity index (χ1v) is 4.86. The van der Waals surface area contributed by atoms with Crippen molar-refractivity contribution in [1.29, 1.82) is 5.26 Å². The molecule has 0 saturated carbocycles. The molecule has 1 fully saturated rings. The van der Waals surface area contributed by atoms with Crippen LogP contribution in [0.2, 0.25) is 0 Å². The number of hydrogen-bond acceptors (Lipinski definition) is 3. The fourth-order valence-corrected chi connectivity index (χ4v) is 1.39. The first-order valence-electron chi connectivity index (χ1n) is 4.86. The Balaban J connectivity index is 2.64. The molecule has 1 saturated heterocycles. The van der Waals surface area contributed by atoms with Crippen LogP contribution < -0.4 is 0 Å². The van der Waals surface area contributed by atoms with E-state index in [1.165, 1.54) is 0 Å². The van der Waals surface area contributed by atoms with E-state index in [-0.39, 0.29) is 5.91 Å². The van der Waals surface area contributed by atoms with Crippen LogP contribution in [0.5, 0.6) is 0 Å². The zero-order valence-electron chi connectivity index (χ0n) is 8.75. The molecule has 0 unspecified atom stereocenters. The maximum Gasteiger partial charge on any atom is 0.242 e. The molecule has 4 heteroatoms. The van der Waals surface area contributed by atoms with Crippen LogP contribution in [0.15, 0.2) is 0 Å². The molecule has 0 bridgehead atoms. The van der Waals surface area contributed by atoms with Crippen LogP contribution in [0.3, 0.4) is 0 Å². The van der Waals surface area contributed by atoms with Gasteiger partial charge in [-0.2, -0.15) is 5.26 Å². The summed E-state index contributed by atoms with van der Waals surface area (Å²) in [6.45, 7) is 5.89. The van der Waals surface area contributed by atoms with E-state index >= 15 is 0 Å². The molecule has 1 aliphatic heterocycles. The van der Waals surface area contributed by atoms with Crippen molar-refractivity contribution < 1.29 is 9.53 Å². The van der Waals surface area contributed by atoms with Gasteiger partial charge in [-0.15, -0.1) is 0 Å². The van der Waals surface area contributed by atoms with Crippen LogP contribution in [-0.2, 0) is 9.53 Å². The van der Waals surface area contributed by atoms with Gasteiger partial charge in [-0.05, 0) is 20.3 Å². The molecule has 0 atom stereocenters.